The molecular weight excluding hydrogens is 427 g/mol. The summed E-state index contributed by atoms with van der Waals surface area (Å²) in [4.78, 5) is 43.4. The minimum atomic E-state index is -1.53. The van der Waals surface area contributed by atoms with Crippen molar-refractivity contribution in [3.05, 3.63) is 75.6 Å². The predicted octanol–water partition coefficient (Wildman–Crippen LogP) is 3.21. The van der Waals surface area contributed by atoms with E-state index in [2.05, 4.69) is 0 Å². The third kappa shape index (κ3) is 4.02. The van der Waals surface area contributed by atoms with E-state index < -0.39 is 21.9 Å². The highest BCUT2D eigenvalue weighted by Gasteiger charge is 2.39. The number of carbonyl (C=O) groups excluding carboxylic acids is 2. The maximum atomic E-state index is 11.3. The van der Waals surface area contributed by atoms with Crippen LogP contribution in [0.1, 0.15) is 0 Å². The molecule has 8 nitrogen and oxygen atoms in total. The molecule has 0 radical (unpaired) electrons. The molecule has 0 saturated carbocycles. The summed E-state index contributed by atoms with van der Waals surface area (Å²) in [5.41, 5.74) is -0.663. The van der Waals surface area contributed by atoms with E-state index in [1.165, 1.54) is 36.2 Å². The van der Waals surface area contributed by atoms with Gasteiger partial charge < -0.3 is 0 Å². The number of nitro groups is 2. The Balaban J connectivity index is 2.32. The third-order valence-electron chi connectivity index (χ3n) is 3.26. The van der Waals surface area contributed by atoms with E-state index >= 15 is 0 Å². The van der Waals surface area contributed by atoms with Crippen LogP contribution in [0.3, 0.4) is 0 Å². The SMILES string of the molecule is O=C=C1C(Cl)=CC=C(SSC2=CC=C(Cl)C(=C=O)C2[N+](=O)[O-])C1[N+](=O)[O-]. The minimum absolute atomic E-state index is 0.100. The average Bonchev–Trinajstić information content (AvgIpc) is 2.60. The molecule has 0 aliphatic heterocycles. The molecule has 2 unspecified atom stereocenters. The van der Waals surface area contributed by atoms with Crippen LogP contribution in [0, 0.1) is 20.2 Å². The molecule has 0 aromatic rings. The number of halogens is 2. The number of nitrogens with zero attached hydrogens (tertiary/aromatic N) is 2. The third-order valence-corrected chi connectivity index (χ3v) is 6.51. The first-order valence-corrected chi connectivity index (χ1v) is 9.49. The molecule has 0 saturated heterocycles. The fraction of sp³-hybridized carbons (Fsp3) is 0.143. The van der Waals surface area contributed by atoms with Gasteiger partial charge in [-0.3, -0.25) is 20.2 Å². The Labute approximate surface area is 163 Å². The lowest BCUT2D eigenvalue weighted by molar-refractivity contribution is -0.499. The lowest BCUT2D eigenvalue weighted by Crippen LogP contribution is -2.27. The van der Waals surface area contributed by atoms with E-state index in [4.69, 9.17) is 23.2 Å². The van der Waals surface area contributed by atoms with Crippen molar-refractivity contribution < 1.29 is 19.4 Å². The standard InChI is InChI=1S/C14H6Cl2N2O6S2/c15-9-1-3-11(13(17(21)22)7(9)5-19)25-26-12-4-2-10(16)8(6-20)14(12)18(23)24/h1-4,13-14H. The van der Waals surface area contributed by atoms with Crippen LogP contribution in [0.15, 0.2) is 55.3 Å². The van der Waals surface area contributed by atoms with Gasteiger partial charge in [0.05, 0.1) is 19.9 Å². The van der Waals surface area contributed by atoms with Crippen LogP contribution < -0.4 is 0 Å². The van der Waals surface area contributed by atoms with Gasteiger partial charge in [0.1, 0.15) is 23.0 Å². The molecule has 0 spiro atoms. The van der Waals surface area contributed by atoms with Gasteiger partial charge in [0.25, 0.3) is 12.1 Å². The van der Waals surface area contributed by atoms with Crippen molar-refractivity contribution in [1.82, 2.24) is 0 Å². The summed E-state index contributed by atoms with van der Waals surface area (Å²) >= 11 is 11.6. The summed E-state index contributed by atoms with van der Waals surface area (Å²) in [6.45, 7) is 0. The average molecular weight is 433 g/mol. The summed E-state index contributed by atoms with van der Waals surface area (Å²) in [6.07, 6.45) is 5.30. The van der Waals surface area contributed by atoms with E-state index in [1.54, 1.807) is 0 Å². The lowest BCUT2D eigenvalue weighted by atomic mass is 10.0. The number of hydrogen-bond donors (Lipinski definition) is 0. The zero-order valence-electron chi connectivity index (χ0n) is 12.4. The molecule has 2 aliphatic carbocycles. The summed E-state index contributed by atoms with van der Waals surface area (Å²) in [5, 5.41) is 22.4. The molecule has 26 heavy (non-hydrogen) atoms. The highest BCUT2D eigenvalue weighted by Crippen LogP contribution is 2.46. The molecule has 0 aromatic heterocycles. The highest BCUT2D eigenvalue weighted by atomic mass is 35.5. The molecular formula is C14H6Cl2N2O6S2. The molecule has 0 aromatic carbocycles. The van der Waals surface area contributed by atoms with Crippen LogP contribution >= 0.6 is 44.8 Å². The second kappa shape index (κ2) is 8.55. The summed E-state index contributed by atoms with van der Waals surface area (Å²) < 4.78 is 0. The first-order chi connectivity index (χ1) is 12.3. The van der Waals surface area contributed by atoms with Crippen LogP contribution in [0.2, 0.25) is 0 Å². The van der Waals surface area contributed by atoms with Gasteiger partial charge in [0, 0.05) is 9.85 Å². The Morgan fingerprint density at radius 1 is 0.808 bits per heavy atom. The first-order valence-electron chi connectivity index (χ1n) is 6.58. The molecule has 0 N–H and O–H groups in total. The number of rotatable bonds is 5. The Hall–Kier alpha value is -2.06. The van der Waals surface area contributed by atoms with Gasteiger partial charge in [-0.1, -0.05) is 23.2 Å². The smallest absolute Gasteiger partial charge is 0.263 e. The Morgan fingerprint density at radius 2 is 1.15 bits per heavy atom. The predicted molar refractivity (Wildman–Crippen MR) is 99.2 cm³/mol. The maximum absolute atomic E-state index is 11.3. The number of allylic oxidation sites excluding steroid dienone is 4. The summed E-state index contributed by atoms with van der Waals surface area (Å²) in [7, 11) is 1.68. The van der Waals surface area contributed by atoms with Crippen LogP contribution in [-0.2, 0) is 9.59 Å². The van der Waals surface area contributed by atoms with Crippen molar-refractivity contribution in [2.75, 3.05) is 0 Å². The van der Waals surface area contributed by atoms with E-state index in [0.29, 0.717) is 0 Å². The fourth-order valence-electron chi connectivity index (χ4n) is 2.09. The Kier molecular flexibility index (Phi) is 6.66. The normalized spacial score (nSPS) is 22.4. The van der Waals surface area contributed by atoms with Crippen LogP contribution in [-0.4, -0.2) is 33.8 Å². The Morgan fingerprint density at radius 3 is 1.42 bits per heavy atom. The van der Waals surface area contributed by atoms with Crippen LogP contribution in [0.25, 0.3) is 0 Å². The molecule has 0 fully saturated rings. The number of hydrogen-bond acceptors (Lipinski definition) is 8. The van der Waals surface area contributed by atoms with Crippen molar-refractivity contribution in [1.29, 1.82) is 0 Å². The quantitative estimate of drug-likeness (QED) is 0.281. The summed E-state index contributed by atoms with van der Waals surface area (Å²) in [6, 6.07) is -3.05. The van der Waals surface area contributed by atoms with E-state index in [1.807, 2.05) is 0 Å². The zero-order chi connectivity index (χ0) is 19.4. The lowest BCUT2D eigenvalue weighted by Gasteiger charge is -2.19. The molecule has 0 heterocycles. The van der Waals surface area contributed by atoms with Gasteiger partial charge in [-0.05, 0) is 45.9 Å². The van der Waals surface area contributed by atoms with E-state index in [0.717, 1.165) is 21.6 Å². The van der Waals surface area contributed by atoms with Gasteiger partial charge in [0.2, 0.25) is 0 Å². The van der Waals surface area contributed by atoms with Gasteiger partial charge in [-0.15, -0.1) is 0 Å². The minimum Gasteiger partial charge on any atom is -0.263 e. The van der Waals surface area contributed by atoms with E-state index in [-0.39, 0.29) is 31.0 Å². The molecule has 0 bridgehead atoms. The maximum Gasteiger partial charge on any atom is 0.281 e. The van der Waals surface area contributed by atoms with Gasteiger partial charge >= 0.3 is 0 Å². The van der Waals surface area contributed by atoms with E-state index in [9.17, 15) is 29.8 Å². The van der Waals surface area contributed by atoms with Crippen molar-refractivity contribution in [2.45, 2.75) is 12.1 Å². The van der Waals surface area contributed by atoms with Crippen LogP contribution in [0.5, 0.6) is 0 Å². The Bertz CT molecular complexity index is 836. The van der Waals surface area contributed by atoms with Gasteiger partial charge in [-0.25, -0.2) is 9.59 Å². The molecule has 2 aliphatic rings. The van der Waals surface area contributed by atoms with Crippen molar-refractivity contribution in [3.63, 3.8) is 0 Å². The molecule has 0 amide bonds. The molecule has 2 rings (SSSR count). The zero-order valence-corrected chi connectivity index (χ0v) is 15.5. The fourth-order valence-corrected chi connectivity index (χ4v) is 4.99. The second-order valence-electron chi connectivity index (χ2n) is 4.74. The first kappa shape index (κ1) is 20.3. The van der Waals surface area contributed by atoms with Crippen LogP contribution in [0.4, 0.5) is 0 Å². The van der Waals surface area contributed by atoms with Gasteiger partial charge in [0.15, 0.2) is 0 Å². The molecule has 2 atom stereocenters. The van der Waals surface area contributed by atoms with Crippen molar-refractivity contribution in [2.24, 2.45) is 0 Å². The highest BCUT2D eigenvalue weighted by molar-refractivity contribution is 8.79. The second-order valence-corrected chi connectivity index (χ2v) is 7.83. The molecule has 12 heteroatoms. The van der Waals surface area contributed by atoms with Gasteiger partial charge in [-0.2, -0.15) is 0 Å². The molecule has 134 valence electrons. The largest absolute Gasteiger partial charge is 0.281 e. The van der Waals surface area contributed by atoms with Crippen molar-refractivity contribution in [3.8, 4) is 0 Å². The topological polar surface area (TPSA) is 120 Å². The van der Waals surface area contributed by atoms with Crippen molar-refractivity contribution >= 4 is 56.7 Å². The monoisotopic (exact) mass is 432 g/mol. The summed E-state index contributed by atoms with van der Waals surface area (Å²) in [5.74, 6) is 2.92.